The summed E-state index contributed by atoms with van der Waals surface area (Å²) in [5.74, 6) is 0.549. The molecule has 4 heteroatoms. The number of aliphatic hydroxyl groups is 1. The number of benzene rings is 2. The van der Waals surface area contributed by atoms with Gasteiger partial charge in [0, 0.05) is 12.0 Å². The van der Waals surface area contributed by atoms with E-state index in [9.17, 15) is 9.90 Å². The summed E-state index contributed by atoms with van der Waals surface area (Å²) in [7, 11) is 0. The van der Waals surface area contributed by atoms with Crippen LogP contribution in [0.1, 0.15) is 17.4 Å². The Balaban J connectivity index is 2.14. The minimum Gasteiger partial charge on any atom is -0.373 e. The van der Waals surface area contributed by atoms with Gasteiger partial charge in [-0.05, 0) is 24.6 Å². The lowest BCUT2D eigenvalue weighted by Gasteiger charge is -2.26. The zero-order valence-electron chi connectivity index (χ0n) is 11.6. The van der Waals surface area contributed by atoms with Gasteiger partial charge >= 0.3 is 0 Å². The first-order valence-corrected chi connectivity index (χ1v) is 6.94. The number of hydrogen-bond acceptors (Lipinski definition) is 3. The second kappa shape index (κ2) is 4.27. The average molecular weight is 278 g/mol. The highest BCUT2D eigenvalue weighted by Gasteiger charge is 2.25. The molecule has 4 rings (SSSR count). The van der Waals surface area contributed by atoms with Gasteiger partial charge in [-0.3, -0.25) is 9.36 Å². The molecule has 2 heterocycles. The monoisotopic (exact) mass is 278 g/mol. The molecule has 0 bridgehead atoms. The van der Waals surface area contributed by atoms with E-state index in [-0.39, 0.29) is 5.56 Å². The number of aryl methyl sites for hydroxylation is 1. The molecule has 1 aliphatic heterocycles. The van der Waals surface area contributed by atoms with Crippen LogP contribution < -0.4 is 5.56 Å². The summed E-state index contributed by atoms with van der Waals surface area (Å²) < 4.78 is 1.40. The van der Waals surface area contributed by atoms with Crippen LogP contribution in [-0.2, 0) is 6.42 Å². The van der Waals surface area contributed by atoms with Crippen molar-refractivity contribution in [2.75, 3.05) is 0 Å². The lowest BCUT2D eigenvalue weighted by Crippen LogP contribution is -2.31. The van der Waals surface area contributed by atoms with E-state index in [0.29, 0.717) is 23.1 Å². The summed E-state index contributed by atoms with van der Waals surface area (Å²) in [5.41, 5.74) is 3.57. The summed E-state index contributed by atoms with van der Waals surface area (Å²) in [4.78, 5) is 17.2. The molecule has 1 unspecified atom stereocenters. The van der Waals surface area contributed by atoms with Crippen molar-refractivity contribution in [3.05, 3.63) is 63.9 Å². The van der Waals surface area contributed by atoms with Crippen molar-refractivity contribution in [1.82, 2.24) is 9.55 Å². The van der Waals surface area contributed by atoms with Gasteiger partial charge in [0.2, 0.25) is 0 Å². The van der Waals surface area contributed by atoms with Crippen molar-refractivity contribution in [3.8, 4) is 11.4 Å². The van der Waals surface area contributed by atoms with Gasteiger partial charge in [0.15, 0.2) is 0 Å². The molecule has 0 aliphatic carbocycles. The topological polar surface area (TPSA) is 55.1 Å². The van der Waals surface area contributed by atoms with Crippen LogP contribution in [0.3, 0.4) is 0 Å². The van der Waals surface area contributed by atoms with E-state index in [2.05, 4.69) is 4.98 Å². The number of para-hydroxylation sites is 1. The van der Waals surface area contributed by atoms with Gasteiger partial charge in [-0.15, -0.1) is 0 Å². The van der Waals surface area contributed by atoms with Gasteiger partial charge in [0.25, 0.3) is 5.56 Å². The fraction of sp³-hybridized carbons (Fsp3) is 0.176. The smallest absolute Gasteiger partial charge is 0.263 e. The maximum absolute atomic E-state index is 12.6. The number of hydrogen-bond donors (Lipinski definition) is 1. The third kappa shape index (κ3) is 1.73. The third-order valence-corrected chi connectivity index (χ3v) is 4.01. The van der Waals surface area contributed by atoms with Crippen LogP contribution in [0, 0.1) is 6.92 Å². The van der Waals surface area contributed by atoms with Gasteiger partial charge in [-0.2, -0.15) is 0 Å². The summed E-state index contributed by atoms with van der Waals surface area (Å²) in [6, 6.07) is 13.3. The highest BCUT2D eigenvalue weighted by molar-refractivity contribution is 5.80. The Morgan fingerprint density at radius 3 is 2.90 bits per heavy atom. The second-order valence-electron chi connectivity index (χ2n) is 5.47. The lowest BCUT2D eigenvalue weighted by molar-refractivity contribution is 0.0988. The molecule has 0 radical (unpaired) electrons. The van der Waals surface area contributed by atoms with Crippen molar-refractivity contribution >= 4 is 10.9 Å². The van der Waals surface area contributed by atoms with Gasteiger partial charge in [-0.25, -0.2) is 4.98 Å². The van der Waals surface area contributed by atoms with Gasteiger partial charge in [0.1, 0.15) is 12.1 Å². The molecule has 1 atom stereocenters. The van der Waals surface area contributed by atoms with Crippen LogP contribution in [0.15, 0.2) is 47.3 Å². The molecular weight excluding hydrogens is 264 g/mol. The van der Waals surface area contributed by atoms with Crippen molar-refractivity contribution in [1.29, 1.82) is 0 Å². The molecular formula is C17H14N2O2. The molecule has 104 valence electrons. The predicted octanol–water partition coefficient (Wildman–Crippen LogP) is 2.42. The van der Waals surface area contributed by atoms with Gasteiger partial charge in [-0.1, -0.05) is 35.9 Å². The number of rotatable bonds is 0. The first kappa shape index (κ1) is 12.3. The quantitative estimate of drug-likeness (QED) is 0.687. The lowest BCUT2D eigenvalue weighted by atomic mass is 9.97. The van der Waals surface area contributed by atoms with Crippen LogP contribution in [0.2, 0.25) is 0 Å². The third-order valence-electron chi connectivity index (χ3n) is 4.01. The summed E-state index contributed by atoms with van der Waals surface area (Å²) in [5, 5.41) is 10.9. The zero-order chi connectivity index (χ0) is 14.6. The Morgan fingerprint density at radius 2 is 2.05 bits per heavy atom. The molecule has 1 N–H and O–H groups in total. The molecule has 0 saturated heterocycles. The van der Waals surface area contributed by atoms with E-state index in [1.54, 1.807) is 6.07 Å². The molecule has 3 aromatic rings. The number of aliphatic hydroxyl groups excluding tert-OH is 1. The fourth-order valence-corrected chi connectivity index (χ4v) is 3.01. The van der Waals surface area contributed by atoms with E-state index >= 15 is 0 Å². The Labute approximate surface area is 121 Å². The number of fused-ring (bicyclic) bond motifs is 4. The standard InChI is InChI=1S/C17H14N2O2/c1-10-6-7-12-11(8-10)9-15(20)19-16(12)18-14-5-3-2-4-13(14)17(19)21/h2-8,15,20H,9H2,1H3. The minimum atomic E-state index is -0.862. The predicted molar refractivity (Wildman–Crippen MR) is 81.1 cm³/mol. The highest BCUT2D eigenvalue weighted by atomic mass is 16.3. The molecule has 21 heavy (non-hydrogen) atoms. The number of nitrogens with zero attached hydrogens (tertiary/aromatic N) is 2. The zero-order valence-corrected chi connectivity index (χ0v) is 11.6. The molecule has 1 aromatic heterocycles. The van der Waals surface area contributed by atoms with E-state index in [1.165, 1.54) is 4.57 Å². The number of aromatic nitrogens is 2. The Kier molecular flexibility index (Phi) is 2.50. The molecule has 0 amide bonds. The van der Waals surface area contributed by atoms with Gasteiger partial charge < -0.3 is 5.11 Å². The average Bonchev–Trinajstić information content (AvgIpc) is 2.47. The molecule has 4 nitrogen and oxygen atoms in total. The Morgan fingerprint density at radius 1 is 1.24 bits per heavy atom. The van der Waals surface area contributed by atoms with Crippen molar-refractivity contribution < 1.29 is 5.11 Å². The van der Waals surface area contributed by atoms with E-state index in [0.717, 1.165) is 16.7 Å². The maximum Gasteiger partial charge on any atom is 0.263 e. The van der Waals surface area contributed by atoms with E-state index < -0.39 is 6.23 Å². The normalized spacial score (nSPS) is 16.6. The van der Waals surface area contributed by atoms with Crippen molar-refractivity contribution in [3.63, 3.8) is 0 Å². The SMILES string of the molecule is Cc1ccc2c(c1)CC(O)n1c-2nc2ccccc2c1=O. The van der Waals surface area contributed by atoms with Crippen LogP contribution in [0.5, 0.6) is 0 Å². The summed E-state index contributed by atoms with van der Waals surface area (Å²) in [6.07, 6.45) is -0.428. The molecule has 0 saturated carbocycles. The Bertz CT molecular complexity index is 928. The summed E-state index contributed by atoms with van der Waals surface area (Å²) >= 11 is 0. The second-order valence-corrected chi connectivity index (χ2v) is 5.47. The van der Waals surface area contributed by atoms with Crippen molar-refractivity contribution in [2.45, 2.75) is 19.6 Å². The molecule has 2 aromatic carbocycles. The van der Waals surface area contributed by atoms with Gasteiger partial charge in [0.05, 0.1) is 10.9 Å². The minimum absolute atomic E-state index is 0.186. The largest absolute Gasteiger partial charge is 0.373 e. The molecule has 0 spiro atoms. The first-order valence-electron chi connectivity index (χ1n) is 6.94. The maximum atomic E-state index is 12.6. The van der Waals surface area contributed by atoms with Crippen LogP contribution in [0.25, 0.3) is 22.3 Å². The Hall–Kier alpha value is -2.46. The van der Waals surface area contributed by atoms with Crippen LogP contribution in [0.4, 0.5) is 0 Å². The first-order chi connectivity index (χ1) is 10.1. The summed E-state index contributed by atoms with van der Waals surface area (Å²) in [6.45, 7) is 2.02. The van der Waals surface area contributed by atoms with Crippen molar-refractivity contribution in [2.24, 2.45) is 0 Å². The van der Waals surface area contributed by atoms with E-state index in [4.69, 9.17) is 0 Å². The van der Waals surface area contributed by atoms with Crippen LogP contribution >= 0.6 is 0 Å². The molecule has 0 fully saturated rings. The molecule has 1 aliphatic rings. The van der Waals surface area contributed by atoms with Crippen LogP contribution in [-0.4, -0.2) is 14.7 Å². The van der Waals surface area contributed by atoms with E-state index in [1.807, 2.05) is 43.3 Å². The fourth-order valence-electron chi connectivity index (χ4n) is 3.01. The highest BCUT2D eigenvalue weighted by Crippen LogP contribution is 2.32.